The monoisotopic (exact) mass is 266 g/mol. The largest absolute Gasteiger partial charge is 0.496 e. The van der Waals surface area contributed by atoms with Gasteiger partial charge in [0.15, 0.2) is 0 Å². The summed E-state index contributed by atoms with van der Waals surface area (Å²) in [6, 6.07) is 3.68. The quantitative estimate of drug-likeness (QED) is 0.658. The van der Waals surface area contributed by atoms with Crippen molar-refractivity contribution in [1.82, 2.24) is 0 Å². The minimum Gasteiger partial charge on any atom is -0.496 e. The SMILES string of the molecule is COc1cc(N2CCCC2C(=O)O)cc([N+](=O)[O-])c1. The second kappa shape index (κ2) is 5.13. The summed E-state index contributed by atoms with van der Waals surface area (Å²) in [7, 11) is 1.42. The van der Waals surface area contributed by atoms with Crippen LogP contribution in [0.5, 0.6) is 5.75 Å². The van der Waals surface area contributed by atoms with E-state index in [-0.39, 0.29) is 5.69 Å². The van der Waals surface area contributed by atoms with Gasteiger partial charge in [-0.3, -0.25) is 10.1 Å². The van der Waals surface area contributed by atoms with Crippen LogP contribution in [0.3, 0.4) is 0 Å². The van der Waals surface area contributed by atoms with Crippen LogP contribution in [0, 0.1) is 10.1 Å². The van der Waals surface area contributed by atoms with E-state index < -0.39 is 16.9 Å². The van der Waals surface area contributed by atoms with Crippen LogP contribution < -0.4 is 9.64 Å². The molecule has 1 aliphatic heterocycles. The number of carbonyl (C=O) groups is 1. The van der Waals surface area contributed by atoms with Crippen molar-refractivity contribution in [2.24, 2.45) is 0 Å². The number of methoxy groups -OCH3 is 1. The molecule has 0 radical (unpaired) electrons. The van der Waals surface area contributed by atoms with Gasteiger partial charge in [-0.25, -0.2) is 4.79 Å². The van der Waals surface area contributed by atoms with Gasteiger partial charge in [0.25, 0.3) is 5.69 Å². The molecule has 7 heteroatoms. The Morgan fingerprint density at radius 1 is 1.53 bits per heavy atom. The van der Waals surface area contributed by atoms with Crippen LogP contribution in [0.25, 0.3) is 0 Å². The van der Waals surface area contributed by atoms with Gasteiger partial charge in [0.05, 0.1) is 18.1 Å². The third-order valence-electron chi connectivity index (χ3n) is 3.19. The highest BCUT2D eigenvalue weighted by Crippen LogP contribution is 2.32. The van der Waals surface area contributed by atoms with Gasteiger partial charge in [-0.15, -0.1) is 0 Å². The van der Waals surface area contributed by atoms with Crippen LogP contribution in [0.1, 0.15) is 12.8 Å². The summed E-state index contributed by atoms with van der Waals surface area (Å²) in [5, 5.41) is 20.0. The smallest absolute Gasteiger partial charge is 0.326 e. The highest BCUT2D eigenvalue weighted by Gasteiger charge is 2.31. The summed E-state index contributed by atoms with van der Waals surface area (Å²) in [5.74, 6) is -0.566. The van der Waals surface area contributed by atoms with Gasteiger partial charge in [-0.2, -0.15) is 0 Å². The zero-order valence-corrected chi connectivity index (χ0v) is 10.4. The fourth-order valence-corrected chi connectivity index (χ4v) is 2.29. The average molecular weight is 266 g/mol. The number of rotatable bonds is 4. The van der Waals surface area contributed by atoms with Gasteiger partial charge < -0.3 is 14.7 Å². The molecule has 1 saturated heterocycles. The molecule has 0 saturated carbocycles. The van der Waals surface area contributed by atoms with Crippen LogP contribution in [0.2, 0.25) is 0 Å². The van der Waals surface area contributed by atoms with Crippen LogP contribution in [-0.2, 0) is 4.79 Å². The van der Waals surface area contributed by atoms with E-state index in [0.29, 0.717) is 24.4 Å². The molecule has 1 N–H and O–H groups in total. The Kier molecular flexibility index (Phi) is 3.55. The number of anilines is 1. The first-order valence-corrected chi connectivity index (χ1v) is 5.86. The van der Waals surface area contributed by atoms with E-state index in [2.05, 4.69) is 0 Å². The van der Waals surface area contributed by atoms with Crippen LogP contribution in [0.4, 0.5) is 11.4 Å². The first-order chi connectivity index (χ1) is 9.02. The maximum absolute atomic E-state index is 11.2. The molecule has 0 aliphatic carbocycles. The van der Waals surface area contributed by atoms with Crippen molar-refractivity contribution in [3.8, 4) is 5.75 Å². The lowest BCUT2D eigenvalue weighted by molar-refractivity contribution is -0.384. The van der Waals surface area contributed by atoms with Crippen molar-refractivity contribution in [3.63, 3.8) is 0 Å². The van der Waals surface area contributed by atoms with Gasteiger partial charge in [0, 0.05) is 24.4 Å². The van der Waals surface area contributed by atoms with E-state index in [1.807, 2.05) is 0 Å². The van der Waals surface area contributed by atoms with Crippen molar-refractivity contribution < 1.29 is 19.6 Å². The number of non-ortho nitro benzene ring substituents is 1. The van der Waals surface area contributed by atoms with Crippen molar-refractivity contribution in [3.05, 3.63) is 28.3 Å². The van der Waals surface area contributed by atoms with Gasteiger partial charge in [-0.1, -0.05) is 0 Å². The van der Waals surface area contributed by atoms with E-state index in [9.17, 15) is 14.9 Å². The predicted molar refractivity (Wildman–Crippen MR) is 67.7 cm³/mol. The number of hydrogen-bond donors (Lipinski definition) is 1. The fraction of sp³-hybridized carbons (Fsp3) is 0.417. The Bertz CT molecular complexity index is 517. The van der Waals surface area contributed by atoms with Gasteiger partial charge in [0.2, 0.25) is 0 Å². The second-order valence-electron chi connectivity index (χ2n) is 4.34. The molecular formula is C12H14N2O5. The number of aliphatic carboxylic acids is 1. The number of carboxylic acid groups (broad SMARTS) is 1. The molecule has 7 nitrogen and oxygen atoms in total. The first-order valence-electron chi connectivity index (χ1n) is 5.86. The average Bonchev–Trinajstić information content (AvgIpc) is 2.87. The lowest BCUT2D eigenvalue weighted by atomic mass is 10.2. The Labute approximate surface area is 109 Å². The second-order valence-corrected chi connectivity index (χ2v) is 4.34. The zero-order valence-electron chi connectivity index (χ0n) is 10.4. The van der Waals surface area contributed by atoms with E-state index >= 15 is 0 Å². The van der Waals surface area contributed by atoms with Crippen LogP contribution in [-0.4, -0.2) is 35.7 Å². The van der Waals surface area contributed by atoms with Gasteiger partial charge >= 0.3 is 5.97 Å². The molecular weight excluding hydrogens is 252 g/mol. The third-order valence-corrected chi connectivity index (χ3v) is 3.19. The highest BCUT2D eigenvalue weighted by atomic mass is 16.6. The Balaban J connectivity index is 2.40. The molecule has 0 bridgehead atoms. The molecule has 1 aromatic rings. The van der Waals surface area contributed by atoms with Gasteiger partial charge in [0.1, 0.15) is 11.8 Å². The lowest BCUT2D eigenvalue weighted by Gasteiger charge is -2.23. The van der Waals surface area contributed by atoms with Crippen LogP contribution in [0.15, 0.2) is 18.2 Å². The summed E-state index contributed by atoms with van der Waals surface area (Å²) < 4.78 is 5.02. The molecule has 102 valence electrons. The van der Waals surface area contributed by atoms with E-state index in [0.717, 1.165) is 6.42 Å². The molecule has 2 rings (SSSR count). The topological polar surface area (TPSA) is 92.9 Å². The Morgan fingerprint density at radius 3 is 2.84 bits per heavy atom. The van der Waals surface area contributed by atoms with Gasteiger partial charge in [-0.05, 0) is 12.8 Å². The number of hydrogen-bond acceptors (Lipinski definition) is 5. The number of ether oxygens (including phenoxy) is 1. The minimum atomic E-state index is -0.914. The summed E-state index contributed by atoms with van der Waals surface area (Å²) in [4.78, 5) is 23.2. The third kappa shape index (κ3) is 2.59. The molecule has 1 atom stereocenters. The Hall–Kier alpha value is -2.31. The van der Waals surface area contributed by atoms with Crippen molar-refractivity contribution in [1.29, 1.82) is 0 Å². The number of carboxylic acids is 1. The zero-order chi connectivity index (χ0) is 14.0. The van der Waals surface area contributed by atoms with E-state index in [1.165, 1.54) is 19.2 Å². The summed E-state index contributed by atoms with van der Waals surface area (Å²) in [5.41, 5.74) is 0.404. The maximum Gasteiger partial charge on any atom is 0.326 e. The first kappa shape index (κ1) is 13.1. The Morgan fingerprint density at radius 2 is 2.26 bits per heavy atom. The molecule has 1 unspecified atom stereocenters. The predicted octanol–water partition coefficient (Wildman–Crippen LogP) is 1.66. The standard InChI is InChI=1S/C12H14N2O5/c1-19-10-6-8(5-9(7-10)14(17)18)13-4-2-3-11(13)12(15)16/h5-7,11H,2-4H2,1H3,(H,15,16). The van der Waals surface area contributed by atoms with Crippen LogP contribution >= 0.6 is 0 Å². The summed E-state index contributed by atoms with van der Waals surface area (Å²) in [6.07, 6.45) is 1.29. The molecule has 0 aromatic heterocycles. The molecule has 0 amide bonds. The van der Waals surface area contributed by atoms with Crippen molar-refractivity contribution in [2.75, 3.05) is 18.6 Å². The molecule has 1 fully saturated rings. The number of benzene rings is 1. The maximum atomic E-state index is 11.2. The number of nitro groups is 1. The number of nitro benzene ring substituents is 1. The van der Waals surface area contributed by atoms with E-state index in [1.54, 1.807) is 11.0 Å². The molecule has 1 heterocycles. The molecule has 1 aliphatic rings. The van der Waals surface area contributed by atoms with E-state index in [4.69, 9.17) is 9.84 Å². The minimum absolute atomic E-state index is 0.106. The molecule has 0 spiro atoms. The van der Waals surface area contributed by atoms with Crippen molar-refractivity contribution in [2.45, 2.75) is 18.9 Å². The summed E-state index contributed by atoms with van der Waals surface area (Å²) in [6.45, 7) is 0.571. The molecule has 19 heavy (non-hydrogen) atoms. The lowest BCUT2D eigenvalue weighted by Crippen LogP contribution is -2.35. The molecule has 1 aromatic carbocycles. The fourth-order valence-electron chi connectivity index (χ4n) is 2.29. The number of nitrogens with zero attached hydrogens (tertiary/aromatic N) is 2. The summed E-state index contributed by atoms with van der Waals surface area (Å²) >= 11 is 0. The normalized spacial score (nSPS) is 18.4. The highest BCUT2D eigenvalue weighted by molar-refractivity contribution is 5.79. The van der Waals surface area contributed by atoms with Crippen molar-refractivity contribution >= 4 is 17.3 Å².